The fourth-order valence-corrected chi connectivity index (χ4v) is 2.97. The molecule has 1 fully saturated rings. The quantitative estimate of drug-likeness (QED) is 0.804. The van der Waals surface area contributed by atoms with Gasteiger partial charge in [0.05, 0.1) is 12.4 Å². The number of aliphatic hydroxyl groups excluding tert-OH is 1. The second kappa shape index (κ2) is 8.49. The number of piperidine rings is 1. The van der Waals surface area contributed by atoms with Gasteiger partial charge in [-0.1, -0.05) is 30.3 Å². The van der Waals surface area contributed by atoms with Crippen LogP contribution in [-0.2, 0) is 4.79 Å². The van der Waals surface area contributed by atoms with E-state index in [0.29, 0.717) is 19.5 Å². The molecular formula is C20H22N2O4. The van der Waals surface area contributed by atoms with Crippen molar-refractivity contribution in [3.63, 3.8) is 0 Å². The Morgan fingerprint density at radius 3 is 2.73 bits per heavy atom. The molecule has 0 bridgehead atoms. The molecule has 26 heavy (non-hydrogen) atoms. The first kappa shape index (κ1) is 17.9. The van der Waals surface area contributed by atoms with Crippen LogP contribution in [0.3, 0.4) is 0 Å². The van der Waals surface area contributed by atoms with Crippen molar-refractivity contribution in [2.24, 2.45) is 5.92 Å². The maximum atomic E-state index is 12.3. The van der Waals surface area contributed by atoms with Crippen molar-refractivity contribution in [1.29, 1.82) is 0 Å². The zero-order chi connectivity index (χ0) is 18.4. The van der Waals surface area contributed by atoms with E-state index >= 15 is 0 Å². The molecule has 1 aromatic heterocycles. The summed E-state index contributed by atoms with van der Waals surface area (Å²) in [6.45, 7) is 1.16. The molecule has 1 aliphatic rings. The Kier molecular flexibility index (Phi) is 5.86. The van der Waals surface area contributed by atoms with E-state index in [1.807, 2.05) is 30.3 Å². The molecule has 1 aromatic carbocycles. The van der Waals surface area contributed by atoms with Crippen molar-refractivity contribution in [2.75, 3.05) is 19.6 Å². The number of carbonyl (C=O) groups is 2. The number of β-amino-alcohol motifs (C(OH)–C–C–N with tert-alkyl or cyclic N) is 1. The van der Waals surface area contributed by atoms with E-state index in [1.54, 1.807) is 23.1 Å². The Morgan fingerprint density at radius 2 is 2.04 bits per heavy atom. The molecule has 0 aliphatic carbocycles. The molecule has 0 unspecified atom stereocenters. The molecule has 2 aromatic rings. The van der Waals surface area contributed by atoms with Gasteiger partial charge in [0.15, 0.2) is 5.76 Å². The normalized spacial score (nSPS) is 20.3. The number of rotatable bonds is 5. The number of hydrogen-bond acceptors (Lipinski definition) is 4. The van der Waals surface area contributed by atoms with Crippen LogP contribution < -0.4 is 5.32 Å². The van der Waals surface area contributed by atoms with Crippen molar-refractivity contribution in [1.82, 2.24) is 10.2 Å². The third-order valence-corrected chi connectivity index (χ3v) is 4.52. The molecule has 1 aliphatic heterocycles. The van der Waals surface area contributed by atoms with Crippen LogP contribution in [0.5, 0.6) is 0 Å². The van der Waals surface area contributed by atoms with E-state index in [0.717, 1.165) is 5.56 Å². The van der Waals surface area contributed by atoms with Crippen molar-refractivity contribution in [3.05, 3.63) is 66.1 Å². The van der Waals surface area contributed by atoms with E-state index in [-0.39, 0.29) is 30.0 Å². The minimum atomic E-state index is -0.672. The fraction of sp³-hybridized carbons (Fsp3) is 0.300. The maximum Gasteiger partial charge on any atom is 0.286 e. The predicted octanol–water partition coefficient (Wildman–Crippen LogP) is 1.93. The molecule has 1 saturated heterocycles. The first-order chi connectivity index (χ1) is 12.6. The zero-order valence-corrected chi connectivity index (χ0v) is 14.4. The molecule has 2 heterocycles. The number of benzene rings is 1. The van der Waals surface area contributed by atoms with Crippen molar-refractivity contribution in [2.45, 2.75) is 12.5 Å². The Labute approximate surface area is 152 Å². The first-order valence-electron chi connectivity index (χ1n) is 8.65. The van der Waals surface area contributed by atoms with Gasteiger partial charge in [-0.3, -0.25) is 9.59 Å². The number of nitrogens with one attached hydrogen (secondary N) is 1. The van der Waals surface area contributed by atoms with Crippen molar-refractivity contribution < 1.29 is 19.1 Å². The second-order valence-corrected chi connectivity index (χ2v) is 6.33. The van der Waals surface area contributed by atoms with Gasteiger partial charge in [-0.2, -0.15) is 0 Å². The third kappa shape index (κ3) is 4.61. The number of furan rings is 1. The van der Waals surface area contributed by atoms with E-state index in [9.17, 15) is 14.7 Å². The summed E-state index contributed by atoms with van der Waals surface area (Å²) < 4.78 is 5.04. The van der Waals surface area contributed by atoms with Crippen molar-refractivity contribution in [3.8, 4) is 0 Å². The van der Waals surface area contributed by atoms with Crippen molar-refractivity contribution >= 4 is 17.9 Å². The topological polar surface area (TPSA) is 82.8 Å². The number of carbonyl (C=O) groups excluding carboxylic acids is 2. The monoisotopic (exact) mass is 354 g/mol. The van der Waals surface area contributed by atoms with Crippen LogP contribution in [0.25, 0.3) is 6.08 Å². The fourth-order valence-electron chi connectivity index (χ4n) is 2.97. The van der Waals surface area contributed by atoms with E-state index in [4.69, 9.17) is 4.42 Å². The molecule has 136 valence electrons. The average Bonchev–Trinajstić information content (AvgIpc) is 3.20. The van der Waals surface area contributed by atoms with E-state index < -0.39 is 6.10 Å². The van der Waals surface area contributed by atoms with Gasteiger partial charge in [-0.05, 0) is 30.2 Å². The Bertz CT molecular complexity index is 755. The molecular weight excluding hydrogens is 332 g/mol. The summed E-state index contributed by atoms with van der Waals surface area (Å²) in [4.78, 5) is 25.8. The number of likely N-dealkylation sites (tertiary alicyclic amines) is 1. The minimum absolute atomic E-state index is 0.0870. The molecule has 0 spiro atoms. The summed E-state index contributed by atoms with van der Waals surface area (Å²) in [5.74, 6) is -0.258. The summed E-state index contributed by atoms with van der Waals surface area (Å²) in [5, 5.41) is 13.1. The second-order valence-electron chi connectivity index (χ2n) is 6.33. The molecule has 0 saturated carbocycles. The zero-order valence-electron chi connectivity index (χ0n) is 14.4. The van der Waals surface area contributed by atoms with Gasteiger partial charge in [0.1, 0.15) is 0 Å². The van der Waals surface area contributed by atoms with Gasteiger partial charge in [-0.15, -0.1) is 0 Å². The summed E-state index contributed by atoms with van der Waals surface area (Å²) >= 11 is 0. The lowest BCUT2D eigenvalue weighted by Crippen LogP contribution is -2.49. The molecule has 6 nitrogen and oxygen atoms in total. The van der Waals surface area contributed by atoms with Crippen LogP contribution in [0.4, 0.5) is 0 Å². The number of aliphatic hydroxyl groups is 1. The summed E-state index contributed by atoms with van der Waals surface area (Å²) in [5.41, 5.74) is 0.955. The Balaban J connectivity index is 1.47. The van der Waals surface area contributed by atoms with Crippen LogP contribution in [0.1, 0.15) is 22.5 Å². The molecule has 3 rings (SSSR count). The lowest BCUT2D eigenvalue weighted by Gasteiger charge is -2.35. The third-order valence-electron chi connectivity index (χ3n) is 4.52. The maximum absolute atomic E-state index is 12.3. The van der Waals surface area contributed by atoms with Gasteiger partial charge >= 0.3 is 0 Å². The van der Waals surface area contributed by atoms with Crippen LogP contribution >= 0.6 is 0 Å². The number of hydrogen-bond donors (Lipinski definition) is 2. The average molecular weight is 354 g/mol. The summed E-state index contributed by atoms with van der Waals surface area (Å²) in [6, 6.07) is 12.8. The summed E-state index contributed by atoms with van der Waals surface area (Å²) in [7, 11) is 0. The predicted molar refractivity (Wildman–Crippen MR) is 97.2 cm³/mol. The highest BCUT2D eigenvalue weighted by molar-refractivity contribution is 5.92. The first-order valence-corrected chi connectivity index (χ1v) is 8.65. The molecule has 0 radical (unpaired) electrons. The van der Waals surface area contributed by atoms with Crippen LogP contribution in [-0.4, -0.2) is 47.6 Å². The highest BCUT2D eigenvalue weighted by Gasteiger charge is 2.29. The van der Waals surface area contributed by atoms with Gasteiger partial charge < -0.3 is 19.7 Å². The molecule has 2 N–H and O–H groups in total. The standard InChI is InChI=1S/C20H22N2O4/c23-17-14-22(19(24)9-8-15-5-2-1-3-6-15)11-10-16(17)13-21-20(25)18-7-4-12-26-18/h1-9,12,16-17,23H,10-11,13-14H2,(H,21,25)/b9-8+/t16-,17+/m0/s1. The molecule has 2 atom stereocenters. The number of nitrogens with zero attached hydrogens (tertiary/aromatic N) is 1. The smallest absolute Gasteiger partial charge is 0.286 e. The van der Waals surface area contributed by atoms with Gasteiger partial charge in [0, 0.05) is 31.6 Å². The van der Waals surface area contributed by atoms with E-state index in [1.165, 1.54) is 12.3 Å². The summed E-state index contributed by atoms with van der Waals surface area (Å²) in [6.07, 6.45) is 4.70. The van der Waals surface area contributed by atoms with Gasteiger partial charge in [0.2, 0.25) is 5.91 Å². The largest absolute Gasteiger partial charge is 0.459 e. The lowest BCUT2D eigenvalue weighted by molar-refractivity contribution is -0.130. The van der Waals surface area contributed by atoms with Crippen LogP contribution in [0.15, 0.2) is 59.2 Å². The number of amides is 2. The van der Waals surface area contributed by atoms with E-state index in [2.05, 4.69) is 5.32 Å². The molecule has 2 amide bonds. The lowest BCUT2D eigenvalue weighted by atomic mass is 9.93. The minimum Gasteiger partial charge on any atom is -0.459 e. The van der Waals surface area contributed by atoms with Gasteiger partial charge in [-0.25, -0.2) is 0 Å². The van der Waals surface area contributed by atoms with Crippen LogP contribution in [0, 0.1) is 5.92 Å². The molecule has 6 heteroatoms. The SMILES string of the molecule is O=C(NC[C@@H]1CCN(C(=O)/C=C/c2ccccc2)C[C@H]1O)c1ccco1. The Morgan fingerprint density at radius 1 is 1.23 bits per heavy atom. The Hall–Kier alpha value is -2.86. The highest BCUT2D eigenvalue weighted by Crippen LogP contribution is 2.18. The van der Waals surface area contributed by atoms with Crippen LogP contribution in [0.2, 0.25) is 0 Å². The highest BCUT2D eigenvalue weighted by atomic mass is 16.3. The van der Waals surface area contributed by atoms with Gasteiger partial charge in [0.25, 0.3) is 5.91 Å².